The Hall–Kier alpha value is -10.8. The average Bonchev–Trinajstić information content (AvgIpc) is 1.58. The first kappa shape index (κ1) is 86.6. The molecule has 0 saturated heterocycles. The van der Waals surface area contributed by atoms with E-state index < -0.39 is 0 Å². The number of hydrogen-bond acceptors (Lipinski definition) is 6. The summed E-state index contributed by atoms with van der Waals surface area (Å²) in [5.41, 5.74) is 34.8. The minimum absolute atomic E-state index is 0. The fraction of sp³-hybridized carbons (Fsp3) is 0.283. The molecule has 0 amide bonds. The van der Waals surface area contributed by atoms with Crippen molar-refractivity contribution < 1.29 is 58.4 Å². The van der Waals surface area contributed by atoms with E-state index in [0.717, 1.165) is 289 Å². The van der Waals surface area contributed by atoms with Crippen LogP contribution in [0.3, 0.4) is 0 Å². The van der Waals surface area contributed by atoms with Gasteiger partial charge < -0.3 is 29.9 Å². The summed E-state index contributed by atoms with van der Waals surface area (Å²) >= 11 is 0. The third-order valence-corrected chi connectivity index (χ3v) is 25.1. The summed E-state index contributed by atoms with van der Waals surface area (Å²) in [6.45, 7) is 27.1. The van der Waals surface area contributed by atoms with E-state index in [4.69, 9.17) is 59.8 Å². The molecule has 6 aliphatic heterocycles. The van der Waals surface area contributed by atoms with Gasteiger partial charge in [0.25, 0.3) is 0 Å². The standard InChI is InChI=1S/C106H100N12.3Zn/c1-13-65(14-2)99-83-41-35-73(107-83)61-74-36-42-84(108-74)100(66(15-3)16-4)88-50-46-80(112-88)77(79-45-49-87(99)111-79)39-29-63-27-33-72(34-28-63)106-97-59-55-93(117-97)103(69(21-9)22-10)89-51-47-81(113-89)78(82-48-52-90(114-82)104(70(23-11)24-12)94-56-60-98(106)118-94)40-30-64-25-31-71(32-26-64)105-95-57-53-91(115-95)101(67(17-5)18-6)85-43-37-75(109-85)62-76-38-44-86(110-76)102(68(19-7)20-8)92-54-58-96(105)116-92;;;/h25-28,31-38,41-62,65-70H,13-24H2,1-12H3;;;/q-6;3*+2. The van der Waals surface area contributed by atoms with Gasteiger partial charge in [-0.3, -0.25) is 0 Å². The number of hydrogen-bond donors (Lipinski definition) is 0. The molecule has 0 spiro atoms. The van der Waals surface area contributed by atoms with E-state index in [1.54, 1.807) is 0 Å². The maximum Gasteiger partial charge on any atom is 2.00 e. The van der Waals surface area contributed by atoms with Gasteiger partial charge in [0.1, 0.15) is 0 Å². The molecule has 6 aliphatic rings. The summed E-state index contributed by atoms with van der Waals surface area (Å²) in [4.78, 5) is 65.5. The van der Waals surface area contributed by atoms with E-state index >= 15 is 0 Å². The number of aromatic nitrogens is 12. The Morgan fingerprint density at radius 3 is 0.760 bits per heavy atom. The Balaban J connectivity index is 0.00000399. The Labute approximate surface area is 750 Å². The summed E-state index contributed by atoms with van der Waals surface area (Å²) in [6.07, 6.45) is 37.0. The van der Waals surface area contributed by atoms with Gasteiger partial charge in [0.05, 0.1) is 68.3 Å². The van der Waals surface area contributed by atoms with Crippen LogP contribution in [0.1, 0.15) is 320 Å². The molecule has 17 rings (SSSR count). The van der Waals surface area contributed by atoms with E-state index in [1.807, 2.05) is 0 Å². The Morgan fingerprint density at radius 2 is 0.455 bits per heavy atom. The van der Waals surface area contributed by atoms with Gasteiger partial charge in [-0.25, -0.2) is 29.9 Å². The normalized spacial score (nSPS) is 12.4. The van der Waals surface area contributed by atoms with Gasteiger partial charge in [-0.15, -0.1) is 66.2 Å². The molecule has 15 heterocycles. The molecule has 2 aromatic carbocycles. The third-order valence-electron chi connectivity index (χ3n) is 25.1. The van der Waals surface area contributed by atoms with Crippen LogP contribution in [0.15, 0.2) is 133 Å². The molecule has 24 bridgehead atoms. The predicted molar refractivity (Wildman–Crippen MR) is 493 cm³/mol. The minimum Gasteiger partial charge on any atom is -0.657 e. The van der Waals surface area contributed by atoms with Crippen LogP contribution < -0.4 is 29.9 Å². The topological polar surface area (TPSA) is 162 Å². The fourth-order valence-electron chi connectivity index (χ4n) is 18.5. The first-order valence-electron chi connectivity index (χ1n) is 43.2. The fourth-order valence-corrected chi connectivity index (χ4v) is 18.5. The quantitative estimate of drug-likeness (QED) is 0.0525. The van der Waals surface area contributed by atoms with Crippen molar-refractivity contribution in [3.8, 4) is 45.9 Å². The maximum absolute atomic E-state index is 5.66. The van der Waals surface area contributed by atoms with E-state index in [9.17, 15) is 0 Å². The van der Waals surface area contributed by atoms with Crippen molar-refractivity contribution in [2.45, 2.75) is 196 Å². The molecule has 12 nitrogen and oxygen atoms in total. The van der Waals surface area contributed by atoms with Gasteiger partial charge in [-0.2, -0.15) is 0 Å². The second-order valence-corrected chi connectivity index (χ2v) is 31.8. The van der Waals surface area contributed by atoms with E-state index in [2.05, 4.69) is 313 Å². The summed E-state index contributed by atoms with van der Waals surface area (Å²) < 4.78 is 0. The van der Waals surface area contributed by atoms with Crippen molar-refractivity contribution in [2.24, 2.45) is 0 Å². The molecule has 15 heteroatoms. The number of rotatable bonds is 20. The summed E-state index contributed by atoms with van der Waals surface area (Å²) in [5.74, 6) is 16.0. The monoisotopic (exact) mass is 1730 g/mol. The largest absolute Gasteiger partial charge is 2.00 e. The predicted octanol–water partition coefficient (Wildman–Crippen LogP) is 25.9. The average molecular weight is 1740 g/mol. The van der Waals surface area contributed by atoms with Crippen molar-refractivity contribution in [3.63, 3.8) is 0 Å². The van der Waals surface area contributed by atoms with Crippen LogP contribution in [0.2, 0.25) is 0 Å². The molecular weight excluding hydrogens is 1640 g/mol. The van der Waals surface area contributed by atoms with Crippen molar-refractivity contribution in [2.75, 3.05) is 0 Å². The zero-order chi connectivity index (χ0) is 81.2. The SMILES string of the molecule is CCC(CC)c1c2nc(c(C#Cc3ccc(-c4c5nc(c(C(CC)CC)c6ccc([n-]6)c(C#Cc6ccc(-c7c8nc(c(C(CC)CC)c9ccc(cc%10nc(c(C(CC)CC)c%11ccc7[n-]%11)C=C%10)[n-]9)C=C8)cc6)c6nc(c(C(CC)CC)c7ccc4[n-]7)C=C6)C=C5)cc3)c3ccc([n-]3)c(C(CC)CC)c3nc(cc4ccc1[n-]4)C=C3)C=C2.[Zn+2].[Zn+2].[Zn+2]. The second-order valence-electron chi connectivity index (χ2n) is 31.8. The maximum atomic E-state index is 5.66. The van der Waals surface area contributed by atoms with Gasteiger partial charge in [0.2, 0.25) is 0 Å². The third kappa shape index (κ3) is 17.1. The Morgan fingerprint density at radius 1 is 0.223 bits per heavy atom. The van der Waals surface area contributed by atoms with Crippen molar-refractivity contribution in [1.82, 2.24) is 59.8 Å². The molecule has 9 aromatic heterocycles. The van der Waals surface area contributed by atoms with Crippen LogP contribution in [0, 0.1) is 23.7 Å². The summed E-state index contributed by atoms with van der Waals surface area (Å²) in [6, 6.07) is 47.0. The molecule has 590 valence electrons. The Bertz CT molecular complexity index is 6620. The van der Waals surface area contributed by atoms with Gasteiger partial charge in [-0.1, -0.05) is 216 Å². The second kappa shape index (κ2) is 38.1. The summed E-state index contributed by atoms with van der Waals surface area (Å²) in [5, 5.41) is 0. The molecule has 11 aromatic rings. The smallest absolute Gasteiger partial charge is 0.657 e. The molecule has 0 fully saturated rings. The number of nitrogens with zero attached hydrogens (tertiary/aromatic N) is 12. The number of benzene rings is 2. The summed E-state index contributed by atoms with van der Waals surface area (Å²) in [7, 11) is 0. The zero-order valence-corrected chi connectivity index (χ0v) is 81.0. The first-order valence-corrected chi connectivity index (χ1v) is 43.2. The van der Waals surface area contributed by atoms with Gasteiger partial charge >= 0.3 is 58.4 Å². The first-order chi connectivity index (χ1) is 57.8. The molecule has 121 heavy (non-hydrogen) atoms. The molecular formula is C106H100N12Zn3. The molecule has 0 radical (unpaired) electrons. The molecule has 0 saturated carbocycles. The van der Waals surface area contributed by atoms with Gasteiger partial charge in [-0.05, 0) is 265 Å². The van der Waals surface area contributed by atoms with Crippen LogP contribution in [-0.2, 0) is 58.4 Å². The minimum atomic E-state index is 0. The van der Waals surface area contributed by atoms with Gasteiger partial charge in [0.15, 0.2) is 0 Å². The van der Waals surface area contributed by atoms with Crippen molar-refractivity contribution >= 4 is 139 Å². The molecule has 0 aliphatic carbocycles. The van der Waals surface area contributed by atoms with E-state index in [-0.39, 0.29) is 93.9 Å². The molecule has 0 atom stereocenters. The van der Waals surface area contributed by atoms with Crippen LogP contribution in [-0.4, -0.2) is 29.9 Å². The van der Waals surface area contributed by atoms with Crippen LogP contribution in [0.25, 0.3) is 161 Å². The zero-order valence-electron chi connectivity index (χ0n) is 72.1. The van der Waals surface area contributed by atoms with Gasteiger partial charge in [0, 0.05) is 22.3 Å². The van der Waals surface area contributed by atoms with Crippen molar-refractivity contribution in [3.05, 3.63) is 257 Å². The molecule has 0 unspecified atom stereocenters. The number of fused-ring (bicyclic) bond motifs is 24. The van der Waals surface area contributed by atoms with Crippen LogP contribution in [0.4, 0.5) is 0 Å². The van der Waals surface area contributed by atoms with E-state index in [0.29, 0.717) is 0 Å². The van der Waals surface area contributed by atoms with Crippen LogP contribution in [0.5, 0.6) is 0 Å². The van der Waals surface area contributed by atoms with Crippen molar-refractivity contribution in [1.29, 1.82) is 0 Å². The van der Waals surface area contributed by atoms with E-state index in [1.165, 1.54) is 0 Å². The van der Waals surface area contributed by atoms with Crippen LogP contribution >= 0.6 is 0 Å². The Kier molecular flexibility index (Phi) is 27.3. The molecule has 0 N–H and O–H groups in total.